The summed E-state index contributed by atoms with van der Waals surface area (Å²) < 4.78 is 0. The normalized spacial score (nSPS) is 25.0. The SMILES string of the molecule is Cc1nc(-c2ccc(CCNC(=O)C3CC4CCCCC4N3)cc2)cs1. The van der Waals surface area contributed by atoms with E-state index in [1.54, 1.807) is 11.3 Å². The lowest BCUT2D eigenvalue weighted by Crippen LogP contribution is -2.43. The zero-order chi connectivity index (χ0) is 17.9. The molecule has 138 valence electrons. The van der Waals surface area contributed by atoms with Crippen LogP contribution in [0.4, 0.5) is 0 Å². The molecule has 4 nitrogen and oxygen atoms in total. The molecule has 26 heavy (non-hydrogen) atoms. The summed E-state index contributed by atoms with van der Waals surface area (Å²) in [5, 5.41) is 9.86. The van der Waals surface area contributed by atoms with E-state index in [1.165, 1.54) is 31.2 Å². The number of carbonyl (C=O) groups excluding carboxylic acids is 1. The molecule has 2 N–H and O–H groups in total. The summed E-state index contributed by atoms with van der Waals surface area (Å²) >= 11 is 1.68. The average Bonchev–Trinajstić information content (AvgIpc) is 3.28. The van der Waals surface area contributed by atoms with Crippen LogP contribution in [0.5, 0.6) is 0 Å². The smallest absolute Gasteiger partial charge is 0.237 e. The van der Waals surface area contributed by atoms with Gasteiger partial charge in [0, 0.05) is 23.5 Å². The molecule has 0 bridgehead atoms. The van der Waals surface area contributed by atoms with Crippen LogP contribution in [0, 0.1) is 12.8 Å². The van der Waals surface area contributed by atoms with Gasteiger partial charge in [-0.15, -0.1) is 11.3 Å². The molecule has 1 aliphatic carbocycles. The summed E-state index contributed by atoms with van der Waals surface area (Å²) in [6.45, 7) is 2.72. The van der Waals surface area contributed by atoms with E-state index in [4.69, 9.17) is 0 Å². The molecular weight excluding hydrogens is 342 g/mol. The molecule has 1 aliphatic heterocycles. The fourth-order valence-corrected chi connectivity index (χ4v) is 4.93. The molecule has 3 unspecified atom stereocenters. The summed E-state index contributed by atoms with van der Waals surface area (Å²) in [4.78, 5) is 17.0. The van der Waals surface area contributed by atoms with Crippen LogP contribution in [-0.4, -0.2) is 29.5 Å². The summed E-state index contributed by atoms with van der Waals surface area (Å²) in [5.74, 6) is 0.885. The number of amides is 1. The number of nitrogens with zero attached hydrogens (tertiary/aromatic N) is 1. The Hall–Kier alpha value is -1.72. The Balaban J connectivity index is 1.25. The molecule has 1 saturated carbocycles. The first kappa shape index (κ1) is 17.7. The van der Waals surface area contributed by atoms with Gasteiger partial charge in [-0.1, -0.05) is 37.1 Å². The zero-order valence-corrected chi connectivity index (χ0v) is 16.1. The minimum Gasteiger partial charge on any atom is -0.354 e. The van der Waals surface area contributed by atoms with Crippen molar-refractivity contribution in [2.45, 2.75) is 57.5 Å². The van der Waals surface area contributed by atoms with Crippen LogP contribution >= 0.6 is 11.3 Å². The van der Waals surface area contributed by atoms with E-state index < -0.39 is 0 Å². The number of nitrogens with one attached hydrogen (secondary N) is 2. The van der Waals surface area contributed by atoms with Gasteiger partial charge in [0.2, 0.25) is 5.91 Å². The van der Waals surface area contributed by atoms with E-state index in [1.807, 2.05) is 6.92 Å². The molecule has 2 aliphatic rings. The first-order valence-corrected chi connectivity index (χ1v) is 10.6. The van der Waals surface area contributed by atoms with Crippen LogP contribution in [0.3, 0.4) is 0 Å². The second kappa shape index (κ2) is 7.89. The molecule has 2 aromatic rings. The van der Waals surface area contributed by atoms with Crippen LogP contribution in [0.15, 0.2) is 29.6 Å². The van der Waals surface area contributed by atoms with Crippen LogP contribution in [0.2, 0.25) is 0 Å². The number of benzene rings is 1. The molecule has 4 rings (SSSR count). The Bertz CT molecular complexity index is 741. The molecule has 0 radical (unpaired) electrons. The minimum atomic E-state index is 0.0124. The predicted molar refractivity (Wildman–Crippen MR) is 106 cm³/mol. The summed E-state index contributed by atoms with van der Waals surface area (Å²) in [7, 11) is 0. The standard InChI is InChI=1S/C21H27N3OS/c1-14-23-20(13-26-14)16-8-6-15(7-9-16)10-11-22-21(25)19-12-17-4-2-3-5-18(17)24-19/h6-9,13,17-19,24H,2-5,10-12H2,1H3,(H,22,25). The lowest BCUT2D eigenvalue weighted by Gasteiger charge is -2.24. The second-order valence-corrected chi connectivity index (χ2v) is 8.66. The van der Waals surface area contributed by atoms with Crippen molar-refractivity contribution < 1.29 is 4.79 Å². The van der Waals surface area contributed by atoms with Gasteiger partial charge in [-0.05, 0) is 44.1 Å². The highest BCUT2D eigenvalue weighted by molar-refractivity contribution is 7.09. The third-order valence-corrected chi connectivity index (χ3v) is 6.53. The summed E-state index contributed by atoms with van der Waals surface area (Å²) in [6.07, 6.45) is 7.03. The Morgan fingerprint density at radius 1 is 1.27 bits per heavy atom. The lowest BCUT2D eigenvalue weighted by atomic mass is 9.85. The second-order valence-electron chi connectivity index (χ2n) is 7.60. The molecule has 1 aromatic carbocycles. The van der Waals surface area contributed by atoms with Crippen molar-refractivity contribution >= 4 is 17.2 Å². The lowest BCUT2D eigenvalue weighted by molar-refractivity contribution is -0.122. The number of aryl methyl sites for hydroxylation is 1. The van der Waals surface area contributed by atoms with Crippen molar-refractivity contribution in [3.05, 3.63) is 40.2 Å². The maximum absolute atomic E-state index is 12.4. The summed E-state index contributed by atoms with van der Waals surface area (Å²) in [5.41, 5.74) is 3.44. The van der Waals surface area contributed by atoms with Gasteiger partial charge < -0.3 is 10.6 Å². The Kier molecular flexibility index (Phi) is 5.36. The van der Waals surface area contributed by atoms with Gasteiger partial charge in [-0.25, -0.2) is 4.98 Å². The third kappa shape index (κ3) is 3.99. The van der Waals surface area contributed by atoms with Gasteiger partial charge >= 0.3 is 0 Å². The highest BCUT2D eigenvalue weighted by Crippen LogP contribution is 2.33. The number of fused-ring (bicyclic) bond motifs is 1. The minimum absolute atomic E-state index is 0.0124. The number of thiazole rings is 1. The van der Waals surface area contributed by atoms with Crippen molar-refractivity contribution in [1.82, 2.24) is 15.6 Å². The average molecular weight is 370 g/mol. The van der Waals surface area contributed by atoms with E-state index >= 15 is 0 Å². The van der Waals surface area contributed by atoms with Gasteiger partial charge in [0.15, 0.2) is 0 Å². The molecule has 5 heteroatoms. The number of rotatable bonds is 5. The Morgan fingerprint density at radius 3 is 2.81 bits per heavy atom. The van der Waals surface area contributed by atoms with Crippen molar-refractivity contribution in [3.8, 4) is 11.3 Å². The van der Waals surface area contributed by atoms with Gasteiger partial charge in [0.05, 0.1) is 16.7 Å². The number of aromatic nitrogens is 1. The molecule has 1 amide bonds. The van der Waals surface area contributed by atoms with E-state index in [0.717, 1.165) is 29.1 Å². The fourth-order valence-electron chi connectivity index (χ4n) is 4.31. The third-order valence-electron chi connectivity index (χ3n) is 5.76. The van der Waals surface area contributed by atoms with E-state index in [-0.39, 0.29) is 11.9 Å². The molecule has 2 fully saturated rings. The van der Waals surface area contributed by atoms with Gasteiger partial charge in [0.1, 0.15) is 0 Å². The topological polar surface area (TPSA) is 54.0 Å². The van der Waals surface area contributed by atoms with Crippen LogP contribution in [-0.2, 0) is 11.2 Å². The molecular formula is C21H27N3OS. The maximum atomic E-state index is 12.4. The zero-order valence-electron chi connectivity index (χ0n) is 15.3. The quantitative estimate of drug-likeness (QED) is 0.845. The predicted octanol–water partition coefficient (Wildman–Crippen LogP) is 3.70. The van der Waals surface area contributed by atoms with E-state index in [2.05, 4.69) is 45.3 Å². The van der Waals surface area contributed by atoms with E-state index in [9.17, 15) is 4.79 Å². The van der Waals surface area contributed by atoms with Crippen molar-refractivity contribution in [1.29, 1.82) is 0 Å². The Morgan fingerprint density at radius 2 is 2.08 bits per heavy atom. The highest BCUT2D eigenvalue weighted by atomic mass is 32.1. The van der Waals surface area contributed by atoms with Crippen LogP contribution in [0.1, 0.15) is 42.7 Å². The van der Waals surface area contributed by atoms with Crippen LogP contribution in [0.25, 0.3) is 11.3 Å². The monoisotopic (exact) mass is 369 g/mol. The van der Waals surface area contributed by atoms with Crippen molar-refractivity contribution in [2.24, 2.45) is 5.92 Å². The highest BCUT2D eigenvalue weighted by Gasteiger charge is 2.37. The Labute approximate surface area is 159 Å². The van der Waals surface area contributed by atoms with Gasteiger partial charge in [-0.2, -0.15) is 0 Å². The van der Waals surface area contributed by atoms with Crippen molar-refractivity contribution in [3.63, 3.8) is 0 Å². The molecule has 3 atom stereocenters. The molecule has 0 spiro atoms. The number of hydrogen-bond donors (Lipinski definition) is 2. The number of hydrogen-bond acceptors (Lipinski definition) is 4. The fraction of sp³-hybridized carbons (Fsp3) is 0.524. The maximum Gasteiger partial charge on any atom is 0.237 e. The molecule has 2 heterocycles. The van der Waals surface area contributed by atoms with Crippen LogP contribution < -0.4 is 10.6 Å². The van der Waals surface area contributed by atoms with Crippen molar-refractivity contribution in [2.75, 3.05) is 6.54 Å². The first-order chi connectivity index (χ1) is 12.7. The first-order valence-electron chi connectivity index (χ1n) is 9.74. The van der Waals surface area contributed by atoms with E-state index in [0.29, 0.717) is 18.5 Å². The largest absolute Gasteiger partial charge is 0.354 e. The number of carbonyl (C=O) groups is 1. The van der Waals surface area contributed by atoms with Gasteiger partial charge in [-0.3, -0.25) is 4.79 Å². The molecule has 1 aromatic heterocycles. The summed E-state index contributed by atoms with van der Waals surface area (Å²) in [6, 6.07) is 9.10. The molecule has 1 saturated heterocycles. The van der Waals surface area contributed by atoms with Gasteiger partial charge in [0.25, 0.3) is 0 Å².